The van der Waals surface area contributed by atoms with E-state index in [1.807, 2.05) is 31.2 Å². The van der Waals surface area contributed by atoms with Crippen molar-refractivity contribution in [3.63, 3.8) is 0 Å². The average molecular weight is 469 g/mol. The Bertz CT molecular complexity index is 1200. The number of hydrogen-bond acceptors (Lipinski definition) is 5. The van der Waals surface area contributed by atoms with Crippen LogP contribution in [0.2, 0.25) is 5.02 Å². The number of benzene rings is 2. The number of hydrogen-bond donors (Lipinski definition) is 0. The molecule has 7 heteroatoms. The van der Waals surface area contributed by atoms with E-state index in [2.05, 4.69) is 18.7 Å². The van der Waals surface area contributed by atoms with Crippen molar-refractivity contribution < 1.29 is 13.9 Å². The fourth-order valence-electron chi connectivity index (χ4n) is 4.49. The Morgan fingerprint density at radius 2 is 1.79 bits per heavy atom. The number of carbonyl (C=O) groups excluding carboxylic acids is 1. The number of ether oxygens (including phenoxy) is 1. The summed E-state index contributed by atoms with van der Waals surface area (Å²) in [5.41, 5.74) is 1.38. The first-order valence-corrected chi connectivity index (χ1v) is 11.9. The van der Waals surface area contributed by atoms with Crippen LogP contribution >= 0.6 is 11.6 Å². The monoisotopic (exact) mass is 468 g/mol. The second kappa shape index (κ2) is 9.98. The third-order valence-corrected chi connectivity index (χ3v) is 6.44. The lowest BCUT2D eigenvalue weighted by molar-refractivity contribution is 0.0720. The van der Waals surface area contributed by atoms with E-state index in [9.17, 15) is 9.59 Å². The number of amides is 1. The molecule has 6 nitrogen and oxygen atoms in total. The summed E-state index contributed by atoms with van der Waals surface area (Å²) in [6.07, 6.45) is 0.800. The third kappa shape index (κ3) is 4.50. The zero-order valence-electron chi connectivity index (χ0n) is 19.3. The molecule has 1 atom stereocenters. The highest BCUT2D eigenvalue weighted by molar-refractivity contribution is 6.31. The van der Waals surface area contributed by atoms with Crippen LogP contribution in [-0.4, -0.2) is 48.5 Å². The fourth-order valence-corrected chi connectivity index (χ4v) is 4.66. The molecule has 2 heterocycles. The van der Waals surface area contributed by atoms with E-state index in [1.54, 1.807) is 23.1 Å². The van der Waals surface area contributed by atoms with Crippen molar-refractivity contribution >= 4 is 28.5 Å². The van der Waals surface area contributed by atoms with Crippen molar-refractivity contribution in [3.8, 4) is 5.75 Å². The summed E-state index contributed by atoms with van der Waals surface area (Å²) < 4.78 is 11.6. The van der Waals surface area contributed by atoms with Gasteiger partial charge in [-0.1, -0.05) is 37.6 Å². The Morgan fingerprint density at radius 1 is 1.06 bits per heavy atom. The van der Waals surface area contributed by atoms with Gasteiger partial charge in [-0.25, -0.2) is 0 Å². The minimum Gasteiger partial charge on any atom is -0.494 e. The highest BCUT2D eigenvalue weighted by Gasteiger charge is 2.42. The van der Waals surface area contributed by atoms with Gasteiger partial charge in [0, 0.05) is 11.6 Å². The maximum absolute atomic E-state index is 13.6. The van der Waals surface area contributed by atoms with Gasteiger partial charge in [-0.2, -0.15) is 0 Å². The smallest absolute Gasteiger partial charge is 0.290 e. The van der Waals surface area contributed by atoms with Gasteiger partial charge in [0.25, 0.3) is 5.91 Å². The molecule has 0 saturated carbocycles. The van der Waals surface area contributed by atoms with Gasteiger partial charge in [-0.3, -0.25) is 9.59 Å². The van der Waals surface area contributed by atoms with Crippen molar-refractivity contribution in [1.29, 1.82) is 0 Å². The Balaban J connectivity index is 1.78. The lowest BCUT2D eigenvalue weighted by atomic mass is 9.98. The highest BCUT2D eigenvalue weighted by atomic mass is 35.5. The molecule has 0 N–H and O–H groups in total. The van der Waals surface area contributed by atoms with Crippen LogP contribution in [0, 0.1) is 0 Å². The number of rotatable bonds is 9. The van der Waals surface area contributed by atoms with Crippen LogP contribution in [-0.2, 0) is 0 Å². The predicted octanol–water partition coefficient (Wildman–Crippen LogP) is 5.12. The standard InChI is InChI=1S/C26H29ClN2O4/c1-4-28(5-2)14-7-15-29-23(17-8-11-19(12-9-17)32-6-3)22-24(30)20-16-18(27)10-13-21(20)33-25(22)26(29)31/h8-13,16,23H,4-7,14-15H2,1-3H3. The van der Waals surface area contributed by atoms with Gasteiger partial charge in [-0.05, 0) is 68.9 Å². The molecular weight excluding hydrogens is 440 g/mol. The van der Waals surface area contributed by atoms with Crippen LogP contribution in [0.25, 0.3) is 11.0 Å². The first-order valence-electron chi connectivity index (χ1n) is 11.5. The summed E-state index contributed by atoms with van der Waals surface area (Å²) in [4.78, 5) is 31.1. The second-order valence-corrected chi connectivity index (χ2v) is 8.53. The normalized spacial score (nSPS) is 15.5. The molecule has 33 heavy (non-hydrogen) atoms. The largest absolute Gasteiger partial charge is 0.494 e. The molecule has 0 radical (unpaired) electrons. The molecule has 1 aliphatic rings. The van der Waals surface area contributed by atoms with E-state index < -0.39 is 6.04 Å². The van der Waals surface area contributed by atoms with Crippen molar-refractivity contribution in [2.24, 2.45) is 0 Å². The summed E-state index contributed by atoms with van der Waals surface area (Å²) in [6.45, 7) is 10.1. The van der Waals surface area contributed by atoms with E-state index >= 15 is 0 Å². The van der Waals surface area contributed by atoms with Gasteiger partial charge in [0.15, 0.2) is 5.43 Å². The number of halogens is 1. The van der Waals surface area contributed by atoms with Gasteiger partial charge in [0.1, 0.15) is 11.3 Å². The van der Waals surface area contributed by atoms with Gasteiger partial charge in [0.05, 0.1) is 23.6 Å². The van der Waals surface area contributed by atoms with E-state index in [0.29, 0.717) is 34.7 Å². The minimum atomic E-state index is -0.514. The van der Waals surface area contributed by atoms with Gasteiger partial charge >= 0.3 is 0 Å². The quantitative estimate of drug-likeness (QED) is 0.436. The van der Waals surface area contributed by atoms with Crippen molar-refractivity contribution in [2.75, 3.05) is 32.8 Å². The van der Waals surface area contributed by atoms with Crippen LogP contribution in [0.4, 0.5) is 0 Å². The lowest BCUT2D eigenvalue weighted by Crippen LogP contribution is -2.33. The van der Waals surface area contributed by atoms with Gasteiger partial charge < -0.3 is 19.0 Å². The molecule has 0 fully saturated rings. The molecule has 3 aromatic rings. The molecule has 0 saturated heterocycles. The van der Waals surface area contributed by atoms with Gasteiger partial charge in [-0.15, -0.1) is 0 Å². The topological polar surface area (TPSA) is 63.0 Å². The van der Waals surface area contributed by atoms with Crippen molar-refractivity contribution in [3.05, 3.63) is 74.6 Å². The summed E-state index contributed by atoms with van der Waals surface area (Å²) in [6, 6.07) is 12.0. The SMILES string of the molecule is CCOc1ccc(C2c3c(oc4ccc(Cl)cc4c3=O)C(=O)N2CCCN(CC)CC)cc1. The summed E-state index contributed by atoms with van der Waals surface area (Å²) >= 11 is 6.15. The maximum Gasteiger partial charge on any atom is 0.290 e. The zero-order valence-corrected chi connectivity index (χ0v) is 20.0. The lowest BCUT2D eigenvalue weighted by Gasteiger charge is -2.26. The second-order valence-electron chi connectivity index (χ2n) is 8.10. The molecule has 1 aromatic heterocycles. The molecule has 1 aliphatic heterocycles. The van der Waals surface area contributed by atoms with Gasteiger partial charge in [0.2, 0.25) is 5.76 Å². The van der Waals surface area contributed by atoms with E-state index in [-0.39, 0.29) is 17.1 Å². The van der Waals surface area contributed by atoms with Crippen LogP contribution in [0.15, 0.2) is 51.7 Å². The number of nitrogens with zero attached hydrogens (tertiary/aromatic N) is 2. The summed E-state index contributed by atoms with van der Waals surface area (Å²) in [7, 11) is 0. The fraction of sp³-hybridized carbons (Fsp3) is 0.385. The zero-order chi connectivity index (χ0) is 23.5. The molecule has 174 valence electrons. The molecule has 1 amide bonds. The number of carbonyl (C=O) groups is 1. The van der Waals surface area contributed by atoms with E-state index in [4.69, 9.17) is 20.8 Å². The first kappa shape index (κ1) is 23.3. The van der Waals surface area contributed by atoms with Crippen LogP contribution in [0.3, 0.4) is 0 Å². The predicted molar refractivity (Wildman–Crippen MR) is 130 cm³/mol. The highest BCUT2D eigenvalue weighted by Crippen LogP contribution is 2.39. The maximum atomic E-state index is 13.6. The minimum absolute atomic E-state index is 0.122. The third-order valence-electron chi connectivity index (χ3n) is 6.20. The number of fused-ring (bicyclic) bond motifs is 2. The van der Waals surface area contributed by atoms with Crippen LogP contribution in [0.5, 0.6) is 5.75 Å². The van der Waals surface area contributed by atoms with Crippen LogP contribution < -0.4 is 10.2 Å². The molecule has 0 aliphatic carbocycles. The van der Waals surface area contributed by atoms with Crippen LogP contribution in [0.1, 0.15) is 54.9 Å². The molecule has 4 rings (SSSR count). The average Bonchev–Trinajstić information content (AvgIpc) is 3.10. The summed E-state index contributed by atoms with van der Waals surface area (Å²) in [5, 5.41) is 0.836. The van der Waals surface area contributed by atoms with Crippen molar-refractivity contribution in [1.82, 2.24) is 9.80 Å². The molecular formula is C26H29ClN2O4. The first-order chi connectivity index (χ1) is 16.0. The Hall–Kier alpha value is -2.83. The van der Waals surface area contributed by atoms with Crippen molar-refractivity contribution in [2.45, 2.75) is 33.2 Å². The molecule has 0 bridgehead atoms. The molecule has 1 unspecified atom stereocenters. The molecule has 2 aromatic carbocycles. The Labute approximate surface area is 198 Å². The van der Waals surface area contributed by atoms with E-state index in [1.165, 1.54) is 0 Å². The summed E-state index contributed by atoms with van der Waals surface area (Å²) in [5.74, 6) is 0.616. The Morgan fingerprint density at radius 3 is 2.45 bits per heavy atom. The molecule has 0 spiro atoms. The Kier molecular flexibility index (Phi) is 7.05. The van der Waals surface area contributed by atoms with E-state index in [0.717, 1.165) is 37.4 Å².